The van der Waals surface area contributed by atoms with Gasteiger partial charge in [0.2, 0.25) is 0 Å². The van der Waals surface area contributed by atoms with Gasteiger partial charge in [0, 0.05) is 0 Å². The number of alkyl halides is 1. The van der Waals surface area contributed by atoms with E-state index in [-0.39, 0.29) is 6.61 Å². The molecule has 2 N–H and O–H groups in total. The molecular weight excluding hydrogens is 142 g/mol. The van der Waals surface area contributed by atoms with Gasteiger partial charge in [0.05, 0.1) is 0 Å². The summed E-state index contributed by atoms with van der Waals surface area (Å²) in [6.07, 6.45) is 1.44. The first kappa shape index (κ1) is 8.46. The summed E-state index contributed by atoms with van der Waals surface area (Å²) >= 11 is 5.13. The van der Waals surface area contributed by atoms with E-state index >= 15 is 0 Å². The van der Waals surface area contributed by atoms with Crippen LogP contribution in [0, 0.1) is 0 Å². The van der Waals surface area contributed by atoms with E-state index in [0.29, 0.717) is 0 Å². The van der Waals surface area contributed by atoms with Crippen molar-refractivity contribution >= 4 is 17.6 Å². The number of esters is 1. The lowest BCUT2D eigenvalue weighted by Crippen LogP contribution is -2.26. The van der Waals surface area contributed by atoms with Crippen molar-refractivity contribution in [2.45, 2.75) is 5.50 Å². The normalized spacial score (nSPS) is 12.2. The molecule has 0 aliphatic heterocycles. The Labute approximate surface area is 58.4 Å². The van der Waals surface area contributed by atoms with Crippen LogP contribution in [-0.2, 0) is 9.53 Å². The molecule has 0 saturated heterocycles. The van der Waals surface area contributed by atoms with Crippen LogP contribution in [0.1, 0.15) is 0 Å². The monoisotopic (exact) mass is 149 g/mol. The lowest BCUT2D eigenvalue weighted by molar-refractivity contribution is -0.141. The number of hydrogen-bond acceptors (Lipinski definition) is 3. The van der Waals surface area contributed by atoms with E-state index in [1.165, 1.54) is 6.08 Å². The zero-order chi connectivity index (χ0) is 7.28. The molecule has 0 radical (unpaired) electrons. The second kappa shape index (κ2) is 4.35. The van der Waals surface area contributed by atoms with Crippen LogP contribution in [0.4, 0.5) is 0 Å². The summed E-state index contributed by atoms with van der Waals surface area (Å²) in [7, 11) is 0. The highest BCUT2D eigenvalue weighted by Crippen LogP contribution is 1.89. The summed E-state index contributed by atoms with van der Waals surface area (Å²) in [5.41, 5.74) is 3.87. The Morgan fingerprint density at radius 3 is 2.89 bits per heavy atom. The van der Waals surface area contributed by atoms with Crippen LogP contribution in [-0.4, -0.2) is 18.1 Å². The minimum Gasteiger partial charge on any atom is -0.459 e. The topological polar surface area (TPSA) is 52.3 Å². The predicted molar refractivity (Wildman–Crippen MR) is 35.0 cm³/mol. The summed E-state index contributed by atoms with van der Waals surface area (Å²) in [6.45, 7) is 3.48. The Kier molecular flexibility index (Phi) is 4.09. The van der Waals surface area contributed by atoms with Gasteiger partial charge in [-0.3, -0.25) is 0 Å². The summed E-state index contributed by atoms with van der Waals surface area (Å²) in [5.74, 6) is -0.628. The first-order valence-corrected chi connectivity index (χ1v) is 2.79. The van der Waals surface area contributed by atoms with Gasteiger partial charge in [0.15, 0.2) is 5.50 Å². The molecule has 1 atom stereocenters. The fourth-order valence-electron chi connectivity index (χ4n) is 0.221. The molecular formula is C5H8ClNO2. The molecule has 0 spiro atoms. The van der Waals surface area contributed by atoms with Crippen LogP contribution in [0.5, 0.6) is 0 Å². The van der Waals surface area contributed by atoms with Gasteiger partial charge in [-0.15, -0.1) is 0 Å². The van der Waals surface area contributed by atoms with Crippen molar-refractivity contribution < 1.29 is 9.53 Å². The van der Waals surface area contributed by atoms with Crippen molar-refractivity contribution in [3.8, 4) is 0 Å². The van der Waals surface area contributed by atoms with Crippen LogP contribution >= 0.6 is 11.6 Å². The average Bonchev–Trinajstić information content (AvgIpc) is 1.82. The fraction of sp³-hybridized carbons (Fsp3) is 0.400. The van der Waals surface area contributed by atoms with Crippen molar-refractivity contribution in [3.63, 3.8) is 0 Å². The summed E-state index contributed by atoms with van der Waals surface area (Å²) in [4.78, 5) is 10.4. The molecule has 0 rings (SSSR count). The molecule has 9 heavy (non-hydrogen) atoms. The van der Waals surface area contributed by atoms with Gasteiger partial charge in [-0.05, 0) is 0 Å². The van der Waals surface area contributed by atoms with Crippen LogP contribution in [0.25, 0.3) is 0 Å². The Bertz CT molecular complexity index is 114. The smallest absolute Gasteiger partial charge is 0.338 e. The molecule has 0 heterocycles. The Balaban J connectivity index is 3.38. The van der Waals surface area contributed by atoms with Gasteiger partial charge >= 0.3 is 5.97 Å². The third-order valence-corrected chi connectivity index (χ3v) is 0.747. The van der Waals surface area contributed by atoms with E-state index in [1.54, 1.807) is 0 Å². The minimum absolute atomic E-state index is 0.152. The largest absolute Gasteiger partial charge is 0.459 e. The molecule has 0 saturated carbocycles. The maximum atomic E-state index is 10.4. The first-order valence-electron chi connectivity index (χ1n) is 2.35. The minimum atomic E-state index is -1.06. The van der Waals surface area contributed by atoms with E-state index in [0.717, 1.165) is 0 Å². The number of halogens is 1. The van der Waals surface area contributed by atoms with Crippen LogP contribution in [0.2, 0.25) is 0 Å². The number of rotatable bonds is 3. The van der Waals surface area contributed by atoms with Crippen LogP contribution < -0.4 is 5.73 Å². The molecule has 0 amide bonds. The number of hydrogen-bond donors (Lipinski definition) is 1. The van der Waals surface area contributed by atoms with Gasteiger partial charge < -0.3 is 10.5 Å². The molecule has 0 aromatic carbocycles. The predicted octanol–water partition coefficient (Wildman–Crippen LogP) is 0.239. The third kappa shape index (κ3) is 4.00. The SMILES string of the molecule is C=CCOC(=O)C(N)Cl. The fourth-order valence-corrected chi connectivity index (χ4v) is 0.284. The number of carbonyl (C=O) groups excluding carboxylic acids is 1. The quantitative estimate of drug-likeness (QED) is 0.271. The maximum absolute atomic E-state index is 10.4. The van der Waals surface area contributed by atoms with E-state index in [4.69, 9.17) is 17.3 Å². The highest BCUT2D eigenvalue weighted by atomic mass is 35.5. The molecule has 3 nitrogen and oxygen atoms in total. The molecule has 0 bridgehead atoms. The Hall–Kier alpha value is -0.540. The molecule has 0 fully saturated rings. The summed E-state index contributed by atoms with van der Waals surface area (Å²) in [6, 6.07) is 0. The van der Waals surface area contributed by atoms with E-state index in [2.05, 4.69) is 11.3 Å². The third-order valence-electron chi connectivity index (χ3n) is 0.569. The first-order chi connectivity index (χ1) is 4.18. The molecule has 0 aromatic heterocycles. The van der Waals surface area contributed by atoms with Gasteiger partial charge in [-0.1, -0.05) is 24.3 Å². The van der Waals surface area contributed by atoms with Gasteiger partial charge in [-0.2, -0.15) is 0 Å². The standard InChI is InChI=1S/C5H8ClNO2/c1-2-3-9-5(8)4(6)7/h2,4H,1,3,7H2. The Morgan fingerprint density at radius 1 is 2.00 bits per heavy atom. The van der Waals surface area contributed by atoms with Crippen molar-refractivity contribution in [1.82, 2.24) is 0 Å². The average molecular weight is 150 g/mol. The van der Waals surface area contributed by atoms with Crippen LogP contribution in [0.15, 0.2) is 12.7 Å². The molecule has 4 heteroatoms. The van der Waals surface area contributed by atoms with Crippen molar-refractivity contribution in [2.24, 2.45) is 5.73 Å². The Morgan fingerprint density at radius 2 is 2.56 bits per heavy atom. The summed E-state index contributed by atoms with van der Waals surface area (Å²) in [5, 5.41) is 0. The van der Waals surface area contributed by atoms with Crippen molar-refractivity contribution in [1.29, 1.82) is 0 Å². The number of ether oxygens (including phenoxy) is 1. The number of carbonyl (C=O) groups is 1. The van der Waals surface area contributed by atoms with Gasteiger partial charge in [0.25, 0.3) is 0 Å². The van der Waals surface area contributed by atoms with E-state index in [1.807, 2.05) is 0 Å². The van der Waals surface area contributed by atoms with E-state index < -0.39 is 11.5 Å². The highest BCUT2D eigenvalue weighted by molar-refractivity contribution is 6.29. The lowest BCUT2D eigenvalue weighted by atomic mass is 10.6. The van der Waals surface area contributed by atoms with Crippen molar-refractivity contribution in [2.75, 3.05) is 6.61 Å². The van der Waals surface area contributed by atoms with Gasteiger partial charge in [0.1, 0.15) is 6.61 Å². The van der Waals surface area contributed by atoms with E-state index in [9.17, 15) is 4.79 Å². The molecule has 1 unspecified atom stereocenters. The van der Waals surface area contributed by atoms with Crippen LogP contribution in [0.3, 0.4) is 0 Å². The highest BCUT2D eigenvalue weighted by Gasteiger charge is 2.08. The summed E-state index contributed by atoms with van der Waals surface area (Å²) < 4.78 is 4.44. The molecule has 0 aromatic rings. The lowest BCUT2D eigenvalue weighted by Gasteiger charge is -2.00. The molecule has 0 aliphatic carbocycles. The molecule has 52 valence electrons. The van der Waals surface area contributed by atoms with Gasteiger partial charge in [-0.25, -0.2) is 4.79 Å². The zero-order valence-corrected chi connectivity index (χ0v) is 5.60. The second-order valence-electron chi connectivity index (χ2n) is 1.32. The number of nitrogens with two attached hydrogens (primary N) is 1. The second-order valence-corrected chi connectivity index (χ2v) is 1.79. The van der Waals surface area contributed by atoms with Crippen molar-refractivity contribution in [3.05, 3.63) is 12.7 Å². The maximum Gasteiger partial charge on any atom is 0.338 e. The zero-order valence-electron chi connectivity index (χ0n) is 4.84. The molecule has 0 aliphatic rings.